The number of methoxy groups -OCH3 is 1. The quantitative estimate of drug-likeness (QED) is 0.409. The minimum atomic E-state index is -0.348. The van der Waals surface area contributed by atoms with Crippen molar-refractivity contribution in [3.05, 3.63) is 12.7 Å². The normalized spacial score (nSPS) is 26.4. The van der Waals surface area contributed by atoms with Crippen LogP contribution in [0.15, 0.2) is 12.7 Å². The topological polar surface area (TPSA) is 29.5 Å². The third-order valence-electron chi connectivity index (χ3n) is 2.87. The van der Waals surface area contributed by atoms with E-state index in [2.05, 4.69) is 6.58 Å². The Kier molecular flexibility index (Phi) is 3.79. The van der Waals surface area contributed by atoms with Crippen molar-refractivity contribution in [2.24, 2.45) is 5.41 Å². The zero-order valence-corrected chi connectivity index (χ0v) is 10.3. The molecule has 1 aliphatic heterocycles. The van der Waals surface area contributed by atoms with Gasteiger partial charge in [0.25, 0.3) is 5.91 Å². The van der Waals surface area contributed by atoms with E-state index in [1.165, 1.54) is 0 Å². The molecule has 1 aliphatic rings. The molecule has 15 heavy (non-hydrogen) atoms. The van der Waals surface area contributed by atoms with Crippen molar-refractivity contribution in [3.63, 3.8) is 0 Å². The van der Waals surface area contributed by atoms with Gasteiger partial charge in [0.2, 0.25) is 0 Å². The number of hydrogen-bond donors (Lipinski definition) is 0. The molecule has 0 aliphatic carbocycles. The van der Waals surface area contributed by atoms with E-state index < -0.39 is 0 Å². The van der Waals surface area contributed by atoms with Crippen LogP contribution < -0.4 is 0 Å². The number of hydrogen-bond acceptors (Lipinski definition) is 2. The number of carbonyl (C=O) groups excluding carboxylic acids is 1. The minimum Gasteiger partial charge on any atom is -0.369 e. The molecule has 4 heteroatoms. The summed E-state index contributed by atoms with van der Waals surface area (Å²) in [6.07, 6.45) is 1.37. The van der Waals surface area contributed by atoms with Gasteiger partial charge in [0, 0.05) is 24.9 Å². The summed E-state index contributed by atoms with van der Waals surface area (Å²) >= 11 is 5.92. The largest absolute Gasteiger partial charge is 0.369 e. The molecular formula is C11H18ClNO2. The lowest BCUT2D eigenvalue weighted by Gasteiger charge is -2.52. The van der Waals surface area contributed by atoms with Gasteiger partial charge in [0.15, 0.2) is 6.10 Å². The Bertz CT molecular complexity index is 265. The van der Waals surface area contributed by atoms with Crippen LogP contribution in [0, 0.1) is 5.41 Å². The molecule has 1 saturated heterocycles. The second-order valence-corrected chi connectivity index (χ2v) is 4.77. The number of β-lactam (4-membered cyclic amide) rings is 1. The lowest BCUT2D eigenvalue weighted by atomic mass is 9.76. The number of likely N-dealkylation sites (tertiary alicyclic amines) is 1. The number of nitrogens with zero attached hydrogens (tertiary/aromatic N) is 1. The van der Waals surface area contributed by atoms with Gasteiger partial charge >= 0.3 is 0 Å². The second-order valence-electron chi connectivity index (χ2n) is 4.50. The maximum atomic E-state index is 11.7. The van der Waals surface area contributed by atoms with E-state index in [-0.39, 0.29) is 23.5 Å². The maximum Gasteiger partial charge on any atom is 0.254 e. The van der Waals surface area contributed by atoms with Crippen LogP contribution in [-0.4, -0.2) is 42.5 Å². The van der Waals surface area contributed by atoms with Crippen molar-refractivity contribution in [1.82, 2.24) is 4.90 Å². The third kappa shape index (κ3) is 2.04. The van der Waals surface area contributed by atoms with Gasteiger partial charge < -0.3 is 9.64 Å². The molecule has 0 spiro atoms. The average Bonchev–Trinajstić information content (AvgIpc) is 2.21. The van der Waals surface area contributed by atoms with Gasteiger partial charge in [-0.05, 0) is 0 Å². The minimum absolute atomic E-state index is 0.0283. The first-order valence-electron chi connectivity index (χ1n) is 4.99. The Morgan fingerprint density at radius 1 is 1.67 bits per heavy atom. The van der Waals surface area contributed by atoms with E-state index in [9.17, 15) is 4.79 Å². The molecule has 0 saturated carbocycles. The number of ether oxygens (including phenoxy) is 1. The van der Waals surface area contributed by atoms with Gasteiger partial charge in [-0.1, -0.05) is 19.9 Å². The van der Waals surface area contributed by atoms with Crippen LogP contribution in [-0.2, 0) is 9.53 Å². The highest BCUT2D eigenvalue weighted by molar-refractivity contribution is 6.18. The summed E-state index contributed by atoms with van der Waals surface area (Å²) in [6, 6.07) is 0.0468. The lowest BCUT2D eigenvalue weighted by Crippen LogP contribution is -2.70. The molecule has 0 bridgehead atoms. The molecule has 0 aromatic carbocycles. The molecule has 0 unspecified atom stereocenters. The van der Waals surface area contributed by atoms with E-state index in [4.69, 9.17) is 16.3 Å². The van der Waals surface area contributed by atoms with E-state index in [0.29, 0.717) is 12.4 Å². The molecule has 1 heterocycles. The highest BCUT2D eigenvalue weighted by atomic mass is 35.5. The fraction of sp³-hybridized carbons (Fsp3) is 0.727. The molecule has 3 nitrogen and oxygen atoms in total. The monoisotopic (exact) mass is 231 g/mol. The van der Waals surface area contributed by atoms with Crippen LogP contribution in [0.3, 0.4) is 0 Å². The molecule has 1 amide bonds. The van der Waals surface area contributed by atoms with Crippen LogP contribution in [0.25, 0.3) is 0 Å². The number of halogens is 1. The number of amides is 1. The number of alkyl halides is 1. The van der Waals surface area contributed by atoms with Crippen molar-refractivity contribution in [2.45, 2.75) is 26.0 Å². The summed E-state index contributed by atoms with van der Waals surface area (Å²) in [4.78, 5) is 13.4. The van der Waals surface area contributed by atoms with E-state index in [1.807, 2.05) is 13.8 Å². The predicted molar refractivity (Wildman–Crippen MR) is 61.0 cm³/mol. The van der Waals surface area contributed by atoms with Gasteiger partial charge in [-0.3, -0.25) is 4.79 Å². The molecule has 0 aromatic rings. The van der Waals surface area contributed by atoms with Gasteiger partial charge in [-0.15, -0.1) is 18.2 Å². The summed E-state index contributed by atoms with van der Waals surface area (Å²) < 4.78 is 5.19. The zero-order valence-electron chi connectivity index (χ0n) is 9.50. The van der Waals surface area contributed by atoms with Crippen molar-refractivity contribution < 1.29 is 9.53 Å². The predicted octanol–water partition coefficient (Wildman–Crippen LogP) is 1.66. The number of rotatable bonds is 5. The van der Waals surface area contributed by atoms with Crippen LogP contribution in [0.1, 0.15) is 13.8 Å². The summed E-state index contributed by atoms with van der Waals surface area (Å²) in [7, 11) is 1.56. The van der Waals surface area contributed by atoms with Gasteiger partial charge in [-0.2, -0.15) is 0 Å². The first-order chi connectivity index (χ1) is 6.99. The molecule has 0 N–H and O–H groups in total. The molecule has 86 valence electrons. The van der Waals surface area contributed by atoms with Crippen LogP contribution in [0.4, 0.5) is 0 Å². The lowest BCUT2D eigenvalue weighted by molar-refractivity contribution is -0.178. The van der Waals surface area contributed by atoms with Crippen molar-refractivity contribution in [1.29, 1.82) is 0 Å². The molecule has 1 rings (SSSR count). The average molecular weight is 232 g/mol. The van der Waals surface area contributed by atoms with Crippen LogP contribution in [0.5, 0.6) is 0 Å². The maximum absolute atomic E-state index is 11.7. The Balaban J connectivity index is 2.82. The Morgan fingerprint density at radius 3 is 2.67 bits per heavy atom. The van der Waals surface area contributed by atoms with Crippen LogP contribution >= 0.6 is 11.6 Å². The summed E-state index contributed by atoms with van der Waals surface area (Å²) in [5, 5.41) is 0. The van der Waals surface area contributed by atoms with Crippen LogP contribution in [0.2, 0.25) is 0 Å². The Hall–Kier alpha value is -0.540. The second kappa shape index (κ2) is 4.54. The summed E-state index contributed by atoms with van der Waals surface area (Å²) in [5.41, 5.74) is -0.140. The third-order valence-corrected chi connectivity index (χ3v) is 3.56. The first-order valence-corrected chi connectivity index (χ1v) is 5.53. The van der Waals surface area contributed by atoms with Crippen molar-refractivity contribution >= 4 is 17.5 Å². The van der Waals surface area contributed by atoms with Gasteiger partial charge in [0.05, 0.1) is 6.04 Å². The van der Waals surface area contributed by atoms with E-state index in [1.54, 1.807) is 18.1 Å². The fourth-order valence-corrected chi connectivity index (χ4v) is 2.16. The standard InChI is InChI=1S/C11H18ClNO2/c1-5-6-13-9(11(2,3)7-12)8(15-4)10(13)14/h5,8-9H,1,6-7H2,2-4H3/t8-,9-/m0/s1. The SMILES string of the molecule is C=CCN1C(=O)[C@@H](OC)[C@H]1C(C)(C)CCl. The Labute approximate surface area is 96.0 Å². The zero-order chi connectivity index (χ0) is 11.6. The molecule has 0 aromatic heterocycles. The fourth-order valence-electron chi connectivity index (χ4n) is 2.00. The molecule has 1 fully saturated rings. The summed E-state index contributed by atoms with van der Waals surface area (Å²) in [5.74, 6) is 0.527. The summed E-state index contributed by atoms with van der Waals surface area (Å²) in [6.45, 7) is 8.28. The number of carbonyl (C=O) groups is 1. The van der Waals surface area contributed by atoms with Crippen molar-refractivity contribution in [2.75, 3.05) is 19.5 Å². The highest BCUT2D eigenvalue weighted by Crippen LogP contribution is 2.37. The van der Waals surface area contributed by atoms with E-state index in [0.717, 1.165) is 0 Å². The highest BCUT2D eigenvalue weighted by Gasteiger charge is 2.53. The molecular weight excluding hydrogens is 214 g/mol. The Morgan fingerprint density at radius 2 is 2.27 bits per heavy atom. The first kappa shape index (κ1) is 12.5. The molecule has 2 atom stereocenters. The van der Waals surface area contributed by atoms with Crippen molar-refractivity contribution in [3.8, 4) is 0 Å². The van der Waals surface area contributed by atoms with Gasteiger partial charge in [-0.25, -0.2) is 0 Å². The van der Waals surface area contributed by atoms with E-state index >= 15 is 0 Å². The van der Waals surface area contributed by atoms with Gasteiger partial charge in [0.1, 0.15) is 0 Å². The molecule has 0 radical (unpaired) electrons. The smallest absolute Gasteiger partial charge is 0.254 e.